The van der Waals surface area contributed by atoms with Gasteiger partial charge in [0, 0.05) is 17.5 Å². The number of nitrogens with one attached hydrogen (secondary N) is 1. The van der Waals surface area contributed by atoms with E-state index in [1.54, 1.807) is 0 Å². The van der Waals surface area contributed by atoms with Crippen molar-refractivity contribution in [1.82, 2.24) is 5.32 Å². The molecule has 0 bridgehead atoms. The molecule has 1 aromatic rings. The predicted octanol–water partition coefficient (Wildman–Crippen LogP) is 2.95. The van der Waals surface area contributed by atoms with E-state index in [9.17, 15) is 8.78 Å². The summed E-state index contributed by atoms with van der Waals surface area (Å²) in [7, 11) is 0. The third kappa shape index (κ3) is 2.93. The summed E-state index contributed by atoms with van der Waals surface area (Å²) in [6.45, 7) is 0.622. The summed E-state index contributed by atoms with van der Waals surface area (Å²) in [6.07, 6.45) is 1.21. The zero-order valence-corrected chi connectivity index (χ0v) is 9.94. The molecule has 92 valence electrons. The lowest BCUT2D eigenvalue weighted by molar-refractivity contribution is 0.339. The standard InChI is InChI=1S/C12H12F2N2.ClH/c13-9-2-1-3-10(14)12(9)11-6-8(7-15)4-5-16-11;/h1-3,8,11,16H,4-6H2;1H. The molecule has 0 spiro atoms. The number of hydrogen-bond acceptors (Lipinski definition) is 2. The van der Waals surface area contributed by atoms with Crippen molar-refractivity contribution in [3.63, 3.8) is 0 Å². The van der Waals surface area contributed by atoms with E-state index in [-0.39, 0.29) is 29.9 Å². The molecule has 0 aliphatic carbocycles. The quantitative estimate of drug-likeness (QED) is 0.841. The molecule has 1 aliphatic heterocycles. The minimum Gasteiger partial charge on any atom is -0.310 e. The highest BCUT2D eigenvalue weighted by Gasteiger charge is 2.26. The molecule has 1 aromatic carbocycles. The third-order valence-electron chi connectivity index (χ3n) is 2.93. The lowest BCUT2D eigenvalue weighted by Gasteiger charge is -2.27. The van der Waals surface area contributed by atoms with E-state index in [1.807, 2.05) is 0 Å². The number of rotatable bonds is 1. The maximum Gasteiger partial charge on any atom is 0.130 e. The zero-order valence-electron chi connectivity index (χ0n) is 9.12. The van der Waals surface area contributed by atoms with Crippen molar-refractivity contribution in [3.8, 4) is 6.07 Å². The summed E-state index contributed by atoms with van der Waals surface area (Å²) in [5.41, 5.74) is 0.0578. The van der Waals surface area contributed by atoms with Crippen LogP contribution >= 0.6 is 12.4 Å². The first-order valence-corrected chi connectivity index (χ1v) is 5.29. The molecular weight excluding hydrogens is 246 g/mol. The minimum atomic E-state index is -0.545. The number of benzene rings is 1. The van der Waals surface area contributed by atoms with Crippen molar-refractivity contribution >= 4 is 12.4 Å². The first-order valence-electron chi connectivity index (χ1n) is 5.29. The van der Waals surface area contributed by atoms with Gasteiger partial charge in [-0.25, -0.2) is 8.78 Å². The summed E-state index contributed by atoms with van der Waals surface area (Å²) >= 11 is 0. The van der Waals surface area contributed by atoms with Crippen LogP contribution in [-0.2, 0) is 0 Å². The molecule has 1 fully saturated rings. The van der Waals surface area contributed by atoms with Crippen molar-refractivity contribution in [1.29, 1.82) is 5.26 Å². The average molecular weight is 259 g/mol. The van der Waals surface area contributed by atoms with E-state index in [0.29, 0.717) is 13.0 Å². The Kier molecular flexibility index (Phi) is 4.86. The zero-order chi connectivity index (χ0) is 11.5. The number of halogens is 3. The highest BCUT2D eigenvalue weighted by molar-refractivity contribution is 5.85. The van der Waals surface area contributed by atoms with Crippen molar-refractivity contribution in [2.24, 2.45) is 5.92 Å². The topological polar surface area (TPSA) is 35.8 Å². The predicted molar refractivity (Wildman–Crippen MR) is 62.7 cm³/mol. The molecule has 5 heteroatoms. The van der Waals surface area contributed by atoms with Crippen molar-refractivity contribution in [2.75, 3.05) is 6.54 Å². The summed E-state index contributed by atoms with van der Waals surface area (Å²) in [4.78, 5) is 0. The lowest BCUT2D eigenvalue weighted by atomic mass is 9.89. The summed E-state index contributed by atoms with van der Waals surface area (Å²) < 4.78 is 27.0. The molecule has 2 nitrogen and oxygen atoms in total. The van der Waals surface area contributed by atoms with Crippen LogP contribution in [0.1, 0.15) is 24.4 Å². The number of hydrogen-bond donors (Lipinski definition) is 1. The largest absolute Gasteiger partial charge is 0.310 e. The minimum absolute atomic E-state index is 0. The highest BCUT2D eigenvalue weighted by atomic mass is 35.5. The second kappa shape index (κ2) is 5.95. The van der Waals surface area contributed by atoms with Crippen LogP contribution in [0.2, 0.25) is 0 Å². The van der Waals surface area contributed by atoms with Gasteiger partial charge in [-0.05, 0) is 31.5 Å². The Morgan fingerprint density at radius 1 is 1.29 bits per heavy atom. The molecule has 17 heavy (non-hydrogen) atoms. The molecule has 2 atom stereocenters. The summed E-state index contributed by atoms with van der Waals surface area (Å²) in [5, 5.41) is 11.9. The van der Waals surface area contributed by atoms with E-state index in [0.717, 1.165) is 6.42 Å². The van der Waals surface area contributed by atoms with Gasteiger partial charge < -0.3 is 5.32 Å². The van der Waals surface area contributed by atoms with Crippen LogP contribution in [0, 0.1) is 28.9 Å². The van der Waals surface area contributed by atoms with Gasteiger partial charge in [0.25, 0.3) is 0 Å². The normalized spacial score (nSPS) is 23.6. The maximum absolute atomic E-state index is 13.5. The molecular formula is C12H13ClF2N2. The van der Waals surface area contributed by atoms with E-state index in [4.69, 9.17) is 5.26 Å². The molecule has 2 unspecified atom stereocenters. The van der Waals surface area contributed by atoms with E-state index < -0.39 is 11.6 Å². The van der Waals surface area contributed by atoms with E-state index >= 15 is 0 Å². The fourth-order valence-electron chi connectivity index (χ4n) is 2.10. The fraction of sp³-hybridized carbons (Fsp3) is 0.417. The van der Waals surface area contributed by atoms with Crippen molar-refractivity contribution < 1.29 is 8.78 Å². The van der Waals surface area contributed by atoms with E-state index in [1.165, 1.54) is 18.2 Å². The molecule has 0 saturated carbocycles. The number of nitrogens with zero attached hydrogens (tertiary/aromatic N) is 1. The Hall–Kier alpha value is -1.18. The molecule has 0 amide bonds. The molecule has 1 heterocycles. The first-order chi connectivity index (χ1) is 7.72. The molecule has 1 aliphatic rings. The molecule has 0 aromatic heterocycles. The van der Waals surface area contributed by atoms with Crippen LogP contribution < -0.4 is 5.32 Å². The Morgan fingerprint density at radius 3 is 2.53 bits per heavy atom. The van der Waals surface area contributed by atoms with Crippen LogP contribution in [-0.4, -0.2) is 6.54 Å². The van der Waals surface area contributed by atoms with Crippen LogP contribution in [0.4, 0.5) is 8.78 Å². The van der Waals surface area contributed by atoms with Gasteiger partial charge in [0.15, 0.2) is 0 Å². The van der Waals surface area contributed by atoms with Crippen LogP contribution in [0.3, 0.4) is 0 Å². The second-order valence-corrected chi connectivity index (χ2v) is 3.99. The van der Waals surface area contributed by atoms with Crippen molar-refractivity contribution in [2.45, 2.75) is 18.9 Å². The Morgan fingerprint density at radius 2 is 1.94 bits per heavy atom. The fourth-order valence-corrected chi connectivity index (χ4v) is 2.10. The molecule has 1 saturated heterocycles. The number of piperidine rings is 1. The van der Waals surface area contributed by atoms with E-state index in [2.05, 4.69) is 11.4 Å². The van der Waals surface area contributed by atoms with Crippen LogP contribution in [0.15, 0.2) is 18.2 Å². The van der Waals surface area contributed by atoms with Gasteiger partial charge in [0.1, 0.15) is 11.6 Å². The average Bonchev–Trinajstić information content (AvgIpc) is 2.29. The Labute approximate surface area is 105 Å². The van der Waals surface area contributed by atoms with Crippen molar-refractivity contribution in [3.05, 3.63) is 35.4 Å². The first kappa shape index (κ1) is 13.9. The summed E-state index contributed by atoms with van der Waals surface area (Å²) in [6, 6.07) is 5.61. The monoisotopic (exact) mass is 258 g/mol. The molecule has 1 N–H and O–H groups in total. The lowest BCUT2D eigenvalue weighted by Crippen LogP contribution is -2.32. The van der Waals surface area contributed by atoms with Gasteiger partial charge in [-0.1, -0.05) is 6.07 Å². The Balaban J connectivity index is 0.00000144. The van der Waals surface area contributed by atoms with Gasteiger partial charge in [0.05, 0.1) is 6.07 Å². The Bertz CT molecular complexity index is 411. The molecule has 0 radical (unpaired) electrons. The number of nitriles is 1. The third-order valence-corrected chi connectivity index (χ3v) is 2.93. The highest BCUT2D eigenvalue weighted by Crippen LogP contribution is 2.30. The van der Waals surface area contributed by atoms with Gasteiger partial charge >= 0.3 is 0 Å². The van der Waals surface area contributed by atoms with Crippen LogP contribution in [0.25, 0.3) is 0 Å². The summed E-state index contributed by atoms with van der Waals surface area (Å²) in [5.74, 6) is -1.21. The van der Waals surface area contributed by atoms with Gasteiger partial charge in [-0.2, -0.15) is 5.26 Å². The molecule has 2 rings (SSSR count). The second-order valence-electron chi connectivity index (χ2n) is 3.99. The van der Waals surface area contributed by atoms with Gasteiger partial charge in [-0.3, -0.25) is 0 Å². The smallest absolute Gasteiger partial charge is 0.130 e. The van der Waals surface area contributed by atoms with Crippen LogP contribution in [0.5, 0.6) is 0 Å². The maximum atomic E-state index is 13.5. The SMILES string of the molecule is Cl.N#CC1CCNC(c2c(F)cccc2F)C1. The van der Waals surface area contributed by atoms with Gasteiger partial charge in [-0.15, -0.1) is 12.4 Å². The van der Waals surface area contributed by atoms with Gasteiger partial charge in [0.2, 0.25) is 0 Å².